The van der Waals surface area contributed by atoms with Crippen molar-refractivity contribution in [2.45, 2.75) is 52.6 Å². The van der Waals surface area contributed by atoms with Crippen molar-refractivity contribution in [3.8, 4) is 0 Å². The number of amides is 1. The summed E-state index contributed by atoms with van der Waals surface area (Å²) < 4.78 is 0. The maximum atomic E-state index is 12.6. The number of likely N-dealkylation sites (tertiary alicyclic amines) is 1. The zero-order valence-electron chi connectivity index (χ0n) is 15.7. The van der Waals surface area contributed by atoms with Crippen molar-refractivity contribution in [2.24, 2.45) is 11.8 Å². The summed E-state index contributed by atoms with van der Waals surface area (Å²) in [5, 5.41) is 12.4. The molecule has 5 nitrogen and oxygen atoms in total. The maximum Gasteiger partial charge on any atom is 0.307 e. The number of carboxylic acids is 1. The highest BCUT2D eigenvalue weighted by atomic mass is 16.4. The summed E-state index contributed by atoms with van der Waals surface area (Å²) in [7, 11) is 0. The number of hydrogen-bond donors (Lipinski definition) is 2. The summed E-state index contributed by atoms with van der Waals surface area (Å²) >= 11 is 0. The van der Waals surface area contributed by atoms with E-state index >= 15 is 0 Å². The number of aryl methyl sites for hydroxylation is 1. The van der Waals surface area contributed by atoms with Crippen LogP contribution in [0.25, 0.3) is 0 Å². The van der Waals surface area contributed by atoms with Crippen molar-refractivity contribution in [3.63, 3.8) is 0 Å². The Morgan fingerprint density at radius 1 is 1.24 bits per heavy atom. The topological polar surface area (TPSA) is 69.6 Å². The Kier molecular flexibility index (Phi) is 6.59. The van der Waals surface area contributed by atoms with Gasteiger partial charge in [-0.25, -0.2) is 0 Å². The van der Waals surface area contributed by atoms with Crippen LogP contribution in [0.3, 0.4) is 0 Å². The molecule has 1 saturated heterocycles. The summed E-state index contributed by atoms with van der Waals surface area (Å²) in [6.07, 6.45) is 1.68. The Balaban J connectivity index is 1.97. The first-order valence-electron chi connectivity index (χ1n) is 9.17. The molecule has 0 aliphatic carbocycles. The molecule has 4 atom stereocenters. The average Bonchev–Trinajstić information content (AvgIpc) is 2.60. The SMILES string of the molecule is CCc1ccc(C(C)NC(=O)C(C)N2CC(C)CC(C(=O)O)C2)cc1. The van der Waals surface area contributed by atoms with Crippen LogP contribution in [0.15, 0.2) is 24.3 Å². The minimum atomic E-state index is -0.770. The van der Waals surface area contributed by atoms with Crippen LogP contribution >= 0.6 is 0 Å². The van der Waals surface area contributed by atoms with Gasteiger partial charge in [-0.15, -0.1) is 0 Å². The maximum absolute atomic E-state index is 12.6. The van der Waals surface area contributed by atoms with Gasteiger partial charge in [-0.05, 0) is 43.7 Å². The van der Waals surface area contributed by atoms with Gasteiger partial charge in [0.25, 0.3) is 0 Å². The van der Waals surface area contributed by atoms with Gasteiger partial charge in [-0.1, -0.05) is 38.1 Å². The Hall–Kier alpha value is -1.88. The van der Waals surface area contributed by atoms with Crippen LogP contribution in [0, 0.1) is 11.8 Å². The second-order valence-electron chi connectivity index (χ2n) is 7.33. The highest BCUT2D eigenvalue weighted by Gasteiger charge is 2.34. The third-order valence-electron chi connectivity index (χ3n) is 5.21. The third-order valence-corrected chi connectivity index (χ3v) is 5.21. The van der Waals surface area contributed by atoms with Gasteiger partial charge in [-0.3, -0.25) is 14.5 Å². The van der Waals surface area contributed by atoms with Crippen molar-refractivity contribution in [2.75, 3.05) is 13.1 Å². The number of nitrogens with zero attached hydrogens (tertiary/aromatic N) is 1. The van der Waals surface area contributed by atoms with Gasteiger partial charge in [0.2, 0.25) is 5.91 Å². The van der Waals surface area contributed by atoms with Gasteiger partial charge in [0.1, 0.15) is 0 Å². The van der Waals surface area contributed by atoms with E-state index in [1.807, 2.05) is 25.7 Å². The molecule has 25 heavy (non-hydrogen) atoms. The summed E-state index contributed by atoms with van der Waals surface area (Å²) in [5.74, 6) is -0.930. The van der Waals surface area contributed by atoms with Crippen LogP contribution in [0.2, 0.25) is 0 Å². The van der Waals surface area contributed by atoms with Crippen molar-refractivity contribution >= 4 is 11.9 Å². The zero-order valence-corrected chi connectivity index (χ0v) is 15.7. The van der Waals surface area contributed by atoms with Crippen LogP contribution < -0.4 is 5.32 Å². The molecule has 1 heterocycles. The molecule has 0 aromatic heterocycles. The Morgan fingerprint density at radius 2 is 1.88 bits per heavy atom. The van der Waals surface area contributed by atoms with Gasteiger partial charge in [0.05, 0.1) is 18.0 Å². The highest BCUT2D eigenvalue weighted by Crippen LogP contribution is 2.24. The lowest BCUT2D eigenvalue weighted by Gasteiger charge is -2.38. The molecule has 1 amide bonds. The molecule has 1 aromatic rings. The normalized spacial score (nSPS) is 23.7. The minimum Gasteiger partial charge on any atom is -0.481 e. The van der Waals surface area contributed by atoms with E-state index in [0.29, 0.717) is 13.0 Å². The van der Waals surface area contributed by atoms with Gasteiger partial charge >= 0.3 is 5.97 Å². The number of carbonyl (C=O) groups excluding carboxylic acids is 1. The lowest BCUT2D eigenvalue weighted by molar-refractivity contribution is -0.146. The molecule has 1 aromatic carbocycles. The lowest BCUT2D eigenvalue weighted by Crippen LogP contribution is -2.52. The molecule has 1 aliphatic rings. The molecule has 0 bridgehead atoms. The van der Waals surface area contributed by atoms with Gasteiger partial charge in [0.15, 0.2) is 0 Å². The number of benzene rings is 1. The molecule has 5 heteroatoms. The fourth-order valence-corrected chi connectivity index (χ4v) is 3.51. The number of aliphatic carboxylic acids is 1. The monoisotopic (exact) mass is 346 g/mol. The van der Waals surface area contributed by atoms with Crippen molar-refractivity contribution in [1.29, 1.82) is 0 Å². The van der Waals surface area contributed by atoms with Crippen LogP contribution in [0.4, 0.5) is 0 Å². The van der Waals surface area contributed by atoms with Gasteiger partial charge < -0.3 is 10.4 Å². The zero-order chi connectivity index (χ0) is 18.6. The van der Waals surface area contributed by atoms with E-state index < -0.39 is 11.9 Å². The highest BCUT2D eigenvalue weighted by molar-refractivity contribution is 5.82. The fourth-order valence-electron chi connectivity index (χ4n) is 3.51. The van der Waals surface area contributed by atoms with Crippen LogP contribution in [0.1, 0.15) is 51.3 Å². The number of nitrogens with one attached hydrogen (secondary N) is 1. The molecular formula is C20H30N2O3. The largest absolute Gasteiger partial charge is 0.481 e. The Bertz CT molecular complexity index is 599. The van der Waals surface area contributed by atoms with E-state index in [-0.39, 0.29) is 23.9 Å². The van der Waals surface area contributed by atoms with E-state index in [0.717, 1.165) is 18.5 Å². The minimum absolute atomic E-state index is 0.0506. The molecule has 1 aliphatic heterocycles. The first-order valence-corrected chi connectivity index (χ1v) is 9.17. The number of piperidine rings is 1. The van der Waals surface area contributed by atoms with Crippen molar-refractivity contribution in [1.82, 2.24) is 10.2 Å². The molecule has 0 saturated carbocycles. The molecule has 0 radical (unpaired) electrons. The predicted molar refractivity (Wildman–Crippen MR) is 98.3 cm³/mol. The molecule has 0 spiro atoms. The predicted octanol–water partition coefficient (Wildman–Crippen LogP) is 2.86. The van der Waals surface area contributed by atoms with Gasteiger partial charge in [-0.2, -0.15) is 0 Å². The average molecular weight is 346 g/mol. The number of carbonyl (C=O) groups is 2. The summed E-state index contributed by atoms with van der Waals surface area (Å²) in [6, 6.07) is 7.88. The Labute approximate surface area is 150 Å². The van der Waals surface area contributed by atoms with Crippen molar-refractivity contribution in [3.05, 3.63) is 35.4 Å². The van der Waals surface area contributed by atoms with E-state index in [1.165, 1.54) is 5.56 Å². The summed E-state index contributed by atoms with van der Waals surface area (Å²) in [5.41, 5.74) is 2.35. The fraction of sp³-hybridized carbons (Fsp3) is 0.600. The molecule has 4 unspecified atom stereocenters. The number of carboxylic acid groups (broad SMARTS) is 1. The molecule has 2 N–H and O–H groups in total. The first kappa shape index (κ1) is 19.4. The number of hydrogen-bond acceptors (Lipinski definition) is 3. The van der Waals surface area contributed by atoms with E-state index in [4.69, 9.17) is 0 Å². The first-order chi connectivity index (χ1) is 11.8. The second-order valence-corrected chi connectivity index (χ2v) is 7.33. The van der Waals surface area contributed by atoms with Crippen molar-refractivity contribution < 1.29 is 14.7 Å². The molecule has 1 fully saturated rings. The smallest absolute Gasteiger partial charge is 0.307 e. The van der Waals surface area contributed by atoms with E-state index in [2.05, 4.69) is 36.5 Å². The Morgan fingerprint density at radius 3 is 2.44 bits per heavy atom. The molecule has 2 rings (SSSR count). The van der Waals surface area contributed by atoms with Crippen LogP contribution in [-0.2, 0) is 16.0 Å². The molecular weight excluding hydrogens is 316 g/mol. The van der Waals surface area contributed by atoms with Crippen LogP contribution in [0.5, 0.6) is 0 Å². The van der Waals surface area contributed by atoms with E-state index in [9.17, 15) is 14.7 Å². The quantitative estimate of drug-likeness (QED) is 0.831. The van der Waals surface area contributed by atoms with Crippen LogP contribution in [-0.4, -0.2) is 41.0 Å². The van der Waals surface area contributed by atoms with Gasteiger partial charge in [0, 0.05) is 13.1 Å². The molecule has 138 valence electrons. The summed E-state index contributed by atoms with van der Waals surface area (Å²) in [4.78, 5) is 26.0. The second kappa shape index (κ2) is 8.48. The van der Waals surface area contributed by atoms with E-state index in [1.54, 1.807) is 0 Å². The number of rotatable bonds is 6. The standard InChI is InChI=1S/C20H30N2O3/c1-5-16-6-8-17(9-7-16)14(3)21-19(23)15(4)22-11-13(2)10-18(12-22)20(24)25/h6-9,13-15,18H,5,10-12H2,1-4H3,(H,21,23)(H,24,25). The third kappa shape index (κ3) is 5.05. The lowest BCUT2D eigenvalue weighted by atomic mass is 9.89. The summed E-state index contributed by atoms with van der Waals surface area (Å²) in [6.45, 7) is 9.20.